The molecular weight excluding hydrogens is 250 g/mol. The molecule has 0 bridgehead atoms. The second kappa shape index (κ2) is 6.90. The molecule has 1 amide bonds. The van der Waals surface area contributed by atoms with Crippen molar-refractivity contribution in [3.8, 4) is 0 Å². The Morgan fingerprint density at radius 3 is 2.65 bits per heavy atom. The van der Waals surface area contributed by atoms with Crippen molar-refractivity contribution in [2.24, 2.45) is 0 Å². The highest BCUT2D eigenvalue weighted by Gasteiger charge is 2.34. The van der Waals surface area contributed by atoms with E-state index in [0.717, 1.165) is 13.1 Å². The van der Waals surface area contributed by atoms with Crippen molar-refractivity contribution in [3.05, 3.63) is 0 Å². The molecule has 0 aromatic carbocycles. The standard InChI is InChI=1S/C16H29N3O/c20-16(18-13-6-2-1-3-7-13)12-19-11-5-9-15(19)14-8-4-10-17-14/h13-15,17H,1-12H2,(H,18,20). The van der Waals surface area contributed by atoms with Crippen LogP contribution in [0.2, 0.25) is 0 Å². The van der Waals surface area contributed by atoms with Gasteiger partial charge in [0.15, 0.2) is 0 Å². The first kappa shape index (κ1) is 14.3. The molecular formula is C16H29N3O. The first-order valence-corrected chi connectivity index (χ1v) is 8.60. The maximum atomic E-state index is 12.3. The molecule has 2 aliphatic heterocycles. The van der Waals surface area contributed by atoms with Gasteiger partial charge in [0.05, 0.1) is 6.54 Å². The van der Waals surface area contributed by atoms with Crippen LogP contribution in [0.5, 0.6) is 0 Å². The summed E-state index contributed by atoms with van der Waals surface area (Å²) in [5, 5.41) is 6.87. The van der Waals surface area contributed by atoms with E-state index in [-0.39, 0.29) is 5.91 Å². The van der Waals surface area contributed by atoms with Crippen molar-refractivity contribution in [1.29, 1.82) is 0 Å². The topological polar surface area (TPSA) is 44.4 Å². The zero-order valence-corrected chi connectivity index (χ0v) is 12.6. The van der Waals surface area contributed by atoms with Crippen molar-refractivity contribution < 1.29 is 4.79 Å². The lowest BCUT2D eigenvalue weighted by Gasteiger charge is -2.30. The number of carbonyl (C=O) groups is 1. The van der Waals surface area contributed by atoms with E-state index in [2.05, 4.69) is 15.5 Å². The summed E-state index contributed by atoms with van der Waals surface area (Å²) in [6.07, 6.45) is 11.3. The Bertz CT molecular complexity index is 322. The number of likely N-dealkylation sites (tertiary alicyclic amines) is 1. The van der Waals surface area contributed by atoms with Crippen molar-refractivity contribution in [2.75, 3.05) is 19.6 Å². The summed E-state index contributed by atoms with van der Waals surface area (Å²) >= 11 is 0. The predicted molar refractivity (Wildman–Crippen MR) is 80.6 cm³/mol. The molecule has 2 N–H and O–H groups in total. The highest BCUT2D eigenvalue weighted by molar-refractivity contribution is 5.78. The van der Waals surface area contributed by atoms with Crippen LogP contribution in [0, 0.1) is 0 Å². The smallest absolute Gasteiger partial charge is 0.234 e. The molecule has 2 heterocycles. The fraction of sp³-hybridized carbons (Fsp3) is 0.938. The van der Waals surface area contributed by atoms with E-state index in [1.807, 2.05) is 0 Å². The van der Waals surface area contributed by atoms with Crippen LogP contribution in [-0.4, -0.2) is 48.6 Å². The fourth-order valence-electron chi connectivity index (χ4n) is 4.25. The van der Waals surface area contributed by atoms with Crippen molar-refractivity contribution in [2.45, 2.75) is 75.9 Å². The van der Waals surface area contributed by atoms with E-state index in [1.54, 1.807) is 0 Å². The maximum Gasteiger partial charge on any atom is 0.234 e. The Balaban J connectivity index is 1.46. The van der Waals surface area contributed by atoms with Gasteiger partial charge in [0.1, 0.15) is 0 Å². The molecule has 2 unspecified atom stereocenters. The Morgan fingerprint density at radius 2 is 1.90 bits per heavy atom. The van der Waals surface area contributed by atoms with Crippen LogP contribution >= 0.6 is 0 Å². The second-order valence-corrected chi connectivity index (χ2v) is 6.79. The highest BCUT2D eigenvalue weighted by atomic mass is 16.2. The van der Waals surface area contributed by atoms with Crippen LogP contribution in [0.3, 0.4) is 0 Å². The van der Waals surface area contributed by atoms with Gasteiger partial charge in [0.2, 0.25) is 5.91 Å². The van der Waals surface area contributed by atoms with Gasteiger partial charge < -0.3 is 10.6 Å². The first-order valence-electron chi connectivity index (χ1n) is 8.60. The molecule has 1 saturated carbocycles. The second-order valence-electron chi connectivity index (χ2n) is 6.79. The minimum Gasteiger partial charge on any atom is -0.352 e. The van der Waals surface area contributed by atoms with E-state index in [1.165, 1.54) is 57.8 Å². The Hall–Kier alpha value is -0.610. The molecule has 0 aromatic heterocycles. The van der Waals surface area contributed by atoms with Gasteiger partial charge in [-0.1, -0.05) is 19.3 Å². The highest BCUT2D eigenvalue weighted by Crippen LogP contribution is 2.24. The molecule has 3 rings (SSSR count). The Kier molecular flexibility index (Phi) is 4.94. The van der Waals surface area contributed by atoms with E-state index in [9.17, 15) is 4.79 Å². The third-order valence-electron chi connectivity index (χ3n) is 5.29. The number of amides is 1. The quantitative estimate of drug-likeness (QED) is 0.822. The molecule has 114 valence electrons. The van der Waals surface area contributed by atoms with Gasteiger partial charge in [-0.15, -0.1) is 0 Å². The van der Waals surface area contributed by atoms with Crippen LogP contribution in [0.4, 0.5) is 0 Å². The largest absolute Gasteiger partial charge is 0.352 e. The maximum absolute atomic E-state index is 12.3. The molecule has 2 atom stereocenters. The average molecular weight is 279 g/mol. The lowest BCUT2D eigenvalue weighted by atomic mass is 9.95. The first-order chi connectivity index (χ1) is 9.83. The Labute approximate surface area is 122 Å². The zero-order valence-electron chi connectivity index (χ0n) is 12.6. The summed E-state index contributed by atoms with van der Waals surface area (Å²) in [5.41, 5.74) is 0. The predicted octanol–water partition coefficient (Wildman–Crippen LogP) is 1.65. The average Bonchev–Trinajstić information content (AvgIpc) is 3.10. The molecule has 4 heteroatoms. The SMILES string of the molecule is O=C(CN1CCCC1C1CCCN1)NC1CCCCC1. The van der Waals surface area contributed by atoms with Crippen molar-refractivity contribution in [3.63, 3.8) is 0 Å². The molecule has 3 fully saturated rings. The van der Waals surface area contributed by atoms with E-state index in [0.29, 0.717) is 24.7 Å². The fourth-order valence-corrected chi connectivity index (χ4v) is 4.25. The van der Waals surface area contributed by atoms with E-state index in [4.69, 9.17) is 0 Å². The Morgan fingerprint density at radius 1 is 1.05 bits per heavy atom. The summed E-state index contributed by atoms with van der Waals surface area (Å²) in [6, 6.07) is 1.66. The monoisotopic (exact) mass is 279 g/mol. The minimum absolute atomic E-state index is 0.252. The van der Waals surface area contributed by atoms with Crippen LogP contribution in [0.15, 0.2) is 0 Å². The zero-order chi connectivity index (χ0) is 13.8. The summed E-state index contributed by atoms with van der Waals surface area (Å²) in [4.78, 5) is 14.7. The van der Waals surface area contributed by atoms with Crippen LogP contribution in [0.1, 0.15) is 57.8 Å². The molecule has 2 saturated heterocycles. The van der Waals surface area contributed by atoms with Crippen LogP contribution in [0.25, 0.3) is 0 Å². The van der Waals surface area contributed by atoms with Gasteiger partial charge in [-0.05, 0) is 51.6 Å². The van der Waals surface area contributed by atoms with Gasteiger partial charge in [0.25, 0.3) is 0 Å². The summed E-state index contributed by atoms with van der Waals surface area (Å²) in [5.74, 6) is 0.252. The van der Waals surface area contributed by atoms with E-state index < -0.39 is 0 Å². The molecule has 20 heavy (non-hydrogen) atoms. The van der Waals surface area contributed by atoms with Gasteiger partial charge in [-0.25, -0.2) is 0 Å². The number of carbonyl (C=O) groups excluding carboxylic acids is 1. The van der Waals surface area contributed by atoms with Crippen molar-refractivity contribution in [1.82, 2.24) is 15.5 Å². The number of nitrogens with zero attached hydrogens (tertiary/aromatic N) is 1. The molecule has 0 radical (unpaired) electrons. The third kappa shape index (κ3) is 3.53. The molecule has 0 aromatic rings. The normalized spacial score (nSPS) is 32.6. The molecule has 1 aliphatic carbocycles. The summed E-state index contributed by atoms with van der Waals surface area (Å²) in [6.45, 7) is 2.86. The van der Waals surface area contributed by atoms with Crippen LogP contribution < -0.4 is 10.6 Å². The van der Waals surface area contributed by atoms with Gasteiger partial charge in [-0.2, -0.15) is 0 Å². The van der Waals surface area contributed by atoms with Gasteiger partial charge in [-0.3, -0.25) is 9.69 Å². The molecule has 3 aliphatic rings. The number of nitrogens with one attached hydrogen (secondary N) is 2. The summed E-state index contributed by atoms with van der Waals surface area (Å²) < 4.78 is 0. The van der Waals surface area contributed by atoms with Crippen molar-refractivity contribution >= 4 is 5.91 Å². The third-order valence-corrected chi connectivity index (χ3v) is 5.29. The number of hydrogen-bond donors (Lipinski definition) is 2. The number of hydrogen-bond acceptors (Lipinski definition) is 3. The minimum atomic E-state index is 0.252. The molecule has 0 spiro atoms. The van der Waals surface area contributed by atoms with Gasteiger partial charge in [0, 0.05) is 18.1 Å². The lowest BCUT2D eigenvalue weighted by molar-refractivity contribution is -0.123. The molecule has 4 nitrogen and oxygen atoms in total. The number of rotatable bonds is 4. The summed E-state index contributed by atoms with van der Waals surface area (Å²) in [7, 11) is 0. The van der Waals surface area contributed by atoms with Crippen LogP contribution in [-0.2, 0) is 4.79 Å². The van der Waals surface area contributed by atoms with Gasteiger partial charge >= 0.3 is 0 Å². The lowest BCUT2D eigenvalue weighted by Crippen LogP contribution is -2.49. The van der Waals surface area contributed by atoms with E-state index >= 15 is 0 Å².